The Kier molecular flexibility index (Phi) is 5.81. The highest BCUT2D eigenvalue weighted by Gasteiger charge is 2.22. The Labute approximate surface area is 184 Å². The third-order valence-electron chi connectivity index (χ3n) is 4.83. The number of thiophene rings is 1. The Balaban J connectivity index is 1.61. The molecule has 2 aromatic carbocycles. The summed E-state index contributed by atoms with van der Waals surface area (Å²) >= 11 is 1.50. The van der Waals surface area contributed by atoms with E-state index in [4.69, 9.17) is 0 Å². The van der Waals surface area contributed by atoms with E-state index in [0.29, 0.717) is 18.1 Å². The molecule has 0 atom stereocenters. The largest absolute Gasteiger partial charge is 0.378 e. The van der Waals surface area contributed by atoms with Crippen LogP contribution in [0.1, 0.15) is 16.2 Å². The Morgan fingerprint density at radius 3 is 2.35 bits per heavy atom. The number of aromatic nitrogens is 3. The van der Waals surface area contributed by atoms with Crippen molar-refractivity contribution in [3.8, 4) is 16.4 Å². The van der Waals surface area contributed by atoms with Crippen molar-refractivity contribution in [1.82, 2.24) is 19.7 Å². The summed E-state index contributed by atoms with van der Waals surface area (Å²) in [6, 6.07) is 17.8. The number of carbonyl (C=O) groups excluding carboxylic acids is 1. The highest BCUT2D eigenvalue weighted by atomic mass is 32.1. The van der Waals surface area contributed by atoms with E-state index in [9.17, 15) is 9.18 Å². The van der Waals surface area contributed by atoms with Crippen molar-refractivity contribution in [2.75, 3.05) is 26.0 Å². The smallest absolute Gasteiger partial charge is 0.293 e. The number of carbonyl (C=O) groups is 1. The Morgan fingerprint density at radius 1 is 1.03 bits per heavy atom. The summed E-state index contributed by atoms with van der Waals surface area (Å²) in [5, 5.41) is 6.39. The highest BCUT2D eigenvalue weighted by molar-refractivity contribution is 7.13. The van der Waals surface area contributed by atoms with Crippen molar-refractivity contribution >= 4 is 22.9 Å². The summed E-state index contributed by atoms with van der Waals surface area (Å²) in [5.74, 6) is 0.0297. The first-order valence-corrected chi connectivity index (χ1v) is 10.6. The van der Waals surface area contributed by atoms with E-state index in [1.165, 1.54) is 23.5 Å². The molecule has 1 amide bonds. The number of amides is 1. The molecule has 2 aromatic heterocycles. The van der Waals surface area contributed by atoms with E-state index in [2.05, 4.69) is 10.1 Å². The van der Waals surface area contributed by atoms with Gasteiger partial charge in [0.2, 0.25) is 5.82 Å². The number of rotatable bonds is 6. The molecule has 158 valence electrons. The molecule has 6 nitrogen and oxygen atoms in total. The topological polar surface area (TPSA) is 54.3 Å². The number of halogens is 1. The van der Waals surface area contributed by atoms with Gasteiger partial charge in [0.1, 0.15) is 5.82 Å². The van der Waals surface area contributed by atoms with Crippen LogP contribution in [0.25, 0.3) is 16.4 Å². The fourth-order valence-corrected chi connectivity index (χ4v) is 3.84. The number of hydrogen-bond donors (Lipinski definition) is 0. The van der Waals surface area contributed by atoms with E-state index < -0.39 is 0 Å². The molecule has 31 heavy (non-hydrogen) atoms. The molecule has 0 fully saturated rings. The molecule has 4 aromatic rings. The maximum Gasteiger partial charge on any atom is 0.293 e. The van der Waals surface area contributed by atoms with E-state index in [1.54, 1.807) is 28.8 Å². The number of hydrogen-bond acceptors (Lipinski definition) is 5. The predicted molar refractivity (Wildman–Crippen MR) is 121 cm³/mol. The molecule has 0 N–H and O–H groups in total. The lowest BCUT2D eigenvalue weighted by atomic mass is 10.2. The minimum atomic E-state index is -0.335. The van der Waals surface area contributed by atoms with Crippen LogP contribution >= 0.6 is 11.3 Å². The summed E-state index contributed by atoms with van der Waals surface area (Å²) in [7, 11) is 5.70. The lowest BCUT2D eigenvalue weighted by molar-refractivity contribution is 0.0773. The Morgan fingerprint density at radius 2 is 1.74 bits per heavy atom. The first-order valence-electron chi connectivity index (χ1n) is 9.71. The van der Waals surface area contributed by atoms with Gasteiger partial charge in [0.15, 0.2) is 5.82 Å². The van der Waals surface area contributed by atoms with Gasteiger partial charge in [-0.15, -0.1) is 16.4 Å². The molecule has 8 heteroatoms. The van der Waals surface area contributed by atoms with Crippen LogP contribution in [0.4, 0.5) is 10.1 Å². The molecule has 0 aliphatic carbocycles. The lowest BCUT2D eigenvalue weighted by Crippen LogP contribution is -2.27. The molecular formula is C23H22FN5OS. The zero-order chi connectivity index (χ0) is 22.0. The number of anilines is 1. The van der Waals surface area contributed by atoms with Crippen molar-refractivity contribution in [1.29, 1.82) is 0 Å². The maximum absolute atomic E-state index is 13.4. The van der Waals surface area contributed by atoms with Gasteiger partial charge in [-0.1, -0.05) is 18.2 Å². The van der Waals surface area contributed by atoms with Crippen LogP contribution in [0.2, 0.25) is 0 Å². The van der Waals surface area contributed by atoms with Crippen LogP contribution in [0.3, 0.4) is 0 Å². The average Bonchev–Trinajstić information content (AvgIpc) is 3.44. The van der Waals surface area contributed by atoms with E-state index in [-0.39, 0.29) is 17.5 Å². The Hall–Kier alpha value is -3.52. The maximum atomic E-state index is 13.4. The molecule has 0 unspecified atom stereocenters. The molecule has 0 spiro atoms. The molecular weight excluding hydrogens is 413 g/mol. The minimum absolute atomic E-state index is 0.0973. The van der Waals surface area contributed by atoms with Gasteiger partial charge in [-0.25, -0.2) is 14.1 Å². The first kappa shape index (κ1) is 20.7. The van der Waals surface area contributed by atoms with Crippen LogP contribution in [0.15, 0.2) is 66.0 Å². The summed E-state index contributed by atoms with van der Waals surface area (Å²) in [6.45, 7) is 0.436. The molecule has 0 bridgehead atoms. The van der Waals surface area contributed by atoms with E-state index >= 15 is 0 Å². The number of nitrogens with zero attached hydrogens (tertiary/aromatic N) is 5. The third-order valence-corrected chi connectivity index (χ3v) is 5.70. The molecule has 0 aliphatic heterocycles. The van der Waals surface area contributed by atoms with Crippen molar-refractivity contribution in [3.05, 3.63) is 83.2 Å². The molecule has 0 radical (unpaired) electrons. The average molecular weight is 436 g/mol. The summed E-state index contributed by atoms with van der Waals surface area (Å²) < 4.78 is 15.0. The van der Waals surface area contributed by atoms with Crippen molar-refractivity contribution in [2.45, 2.75) is 6.54 Å². The van der Waals surface area contributed by atoms with Crippen LogP contribution in [0.5, 0.6) is 0 Å². The van der Waals surface area contributed by atoms with Gasteiger partial charge in [0.25, 0.3) is 5.91 Å². The lowest BCUT2D eigenvalue weighted by Gasteiger charge is -2.17. The standard InChI is InChI=1S/C23H22FN5OS/c1-27(2)18-10-6-16(7-11-18)15-28(3)23(30)21-25-22(20-5-4-14-31-20)29(26-21)19-12-8-17(24)9-13-19/h4-14H,15H2,1-3H3. The van der Waals surface area contributed by atoms with Gasteiger partial charge in [0.05, 0.1) is 10.6 Å². The van der Waals surface area contributed by atoms with Gasteiger partial charge in [0, 0.05) is 33.4 Å². The van der Waals surface area contributed by atoms with Gasteiger partial charge >= 0.3 is 0 Å². The first-order chi connectivity index (χ1) is 14.9. The van der Waals surface area contributed by atoms with Crippen LogP contribution in [0, 0.1) is 5.82 Å². The summed E-state index contributed by atoms with van der Waals surface area (Å²) in [4.78, 5) is 22.1. The predicted octanol–water partition coefficient (Wildman–Crippen LogP) is 4.47. The molecule has 2 heterocycles. The Bertz CT molecular complexity index is 1170. The van der Waals surface area contributed by atoms with Crippen LogP contribution in [-0.2, 0) is 6.54 Å². The second-order valence-electron chi connectivity index (χ2n) is 7.35. The fraction of sp³-hybridized carbons (Fsp3) is 0.174. The van der Waals surface area contributed by atoms with Gasteiger partial charge in [-0.05, 0) is 53.4 Å². The van der Waals surface area contributed by atoms with E-state index in [1.807, 2.05) is 60.8 Å². The fourth-order valence-electron chi connectivity index (χ4n) is 3.15. The molecule has 0 saturated carbocycles. The van der Waals surface area contributed by atoms with Gasteiger partial charge in [-0.2, -0.15) is 0 Å². The normalized spacial score (nSPS) is 10.8. The minimum Gasteiger partial charge on any atom is -0.378 e. The third kappa shape index (κ3) is 4.49. The monoisotopic (exact) mass is 435 g/mol. The van der Waals surface area contributed by atoms with Crippen molar-refractivity contribution in [2.24, 2.45) is 0 Å². The van der Waals surface area contributed by atoms with Gasteiger partial charge in [-0.3, -0.25) is 4.79 Å². The second-order valence-corrected chi connectivity index (χ2v) is 8.29. The highest BCUT2D eigenvalue weighted by Crippen LogP contribution is 2.26. The summed E-state index contributed by atoms with van der Waals surface area (Å²) in [5.41, 5.74) is 2.74. The van der Waals surface area contributed by atoms with E-state index in [0.717, 1.165) is 16.1 Å². The zero-order valence-corrected chi connectivity index (χ0v) is 18.3. The SMILES string of the molecule is CN(Cc1ccc(N(C)C)cc1)C(=O)c1nc(-c2cccs2)n(-c2ccc(F)cc2)n1. The zero-order valence-electron chi connectivity index (χ0n) is 17.5. The van der Waals surface area contributed by atoms with Crippen molar-refractivity contribution in [3.63, 3.8) is 0 Å². The molecule has 0 saturated heterocycles. The van der Waals surface area contributed by atoms with Crippen LogP contribution < -0.4 is 4.90 Å². The molecule has 0 aliphatic rings. The quantitative estimate of drug-likeness (QED) is 0.448. The number of benzene rings is 2. The van der Waals surface area contributed by atoms with Crippen LogP contribution in [-0.4, -0.2) is 46.7 Å². The summed E-state index contributed by atoms with van der Waals surface area (Å²) in [6.07, 6.45) is 0. The van der Waals surface area contributed by atoms with Gasteiger partial charge < -0.3 is 9.80 Å². The second kappa shape index (κ2) is 8.69. The van der Waals surface area contributed by atoms with Crippen molar-refractivity contribution < 1.29 is 9.18 Å². The molecule has 4 rings (SSSR count).